The van der Waals surface area contributed by atoms with Crippen molar-refractivity contribution in [2.45, 2.75) is 32.1 Å². The molecule has 8 nitrogen and oxygen atoms in total. The van der Waals surface area contributed by atoms with Crippen LogP contribution in [0.15, 0.2) is 18.2 Å². The molecule has 1 aromatic rings. The Bertz CT molecular complexity index is 743. The average Bonchev–Trinajstić information content (AvgIpc) is 2.72. The second-order valence-corrected chi connectivity index (χ2v) is 7.64. The van der Waals surface area contributed by atoms with Crippen molar-refractivity contribution in [2.75, 3.05) is 32.8 Å². The van der Waals surface area contributed by atoms with Crippen molar-refractivity contribution < 1.29 is 19.2 Å². The zero-order valence-electron chi connectivity index (χ0n) is 15.6. The highest BCUT2D eigenvalue weighted by Gasteiger charge is 2.31. The van der Waals surface area contributed by atoms with Crippen LogP contribution in [0, 0.1) is 16.0 Å². The number of nitro benzene ring substituents is 1. The van der Waals surface area contributed by atoms with Crippen molar-refractivity contribution in [2.24, 2.45) is 5.92 Å². The Morgan fingerprint density at radius 1 is 1.11 bits per heavy atom. The molecule has 2 aliphatic rings. The maximum atomic E-state index is 12.6. The summed E-state index contributed by atoms with van der Waals surface area (Å²) in [6.45, 7) is 2.36. The number of nitro groups is 1. The molecule has 2 saturated heterocycles. The lowest BCUT2D eigenvalue weighted by Gasteiger charge is -2.35. The van der Waals surface area contributed by atoms with E-state index in [4.69, 9.17) is 16.3 Å². The summed E-state index contributed by atoms with van der Waals surface area (Å²) in [5.74, 6) is -0.103. The lowest BCUT2D eigenvalue weighted by molar-refractivity contribution is -0.385. The molecule has 0 saturated carbocycles. The predicted octanol–water partition coefficient (Wildman–Crippen LogP) is 2.88. The van der Waals surface area contributed by atoms with E-state index in [-0.39, 0.29) is 35.8 Å². The third kappa shape index (κ3) is 4.92. The number of nitrogens with zero attached hydrogens (tertiary/aromatic N) is 3. The largest absolute Gasteiger partial charge is 0.477 e. The molecule has 2 amide bonds. The molecule has 2 heterocycles. The second kappa shape index (κ2) is 9.23. The van der Waals surface area contributed by atoms with Crippen molar-refractivity contribution in [3.8, 4) is 5.75 Å². The fraction of sp³-hybridized carbons (Fsp3) is 0.579. The summed E-state index contributed by atoms with van der Waals surface area (Å²) < 4.78 is 5.37. The van der Waals surface area contributed by atoms with Gasteiger partial charge in [0.05, 0.1) is 4.92 Å². The van der Waals surface area contributed by atoms with Crippen LogP contribution in [0.5, 0.6) is 5.75 Å². The van der Waals surface area contributed by atoms with Gasteiger partial charge in [0.15, 0.2) is 12.4 Å². The Hall–Kier alpha value is -2.35. The average molecular weight is 410 g/mol. The van der Waals surface area contributed by atoms with Crippen molar-refractivity contribution >= 4 is 29.1 Å². The summed E-state index contributed by atoms with van der Waals surface area (Å²) in [7, 11) is 0. The monoisotopic (exact) mass is 409 g/mol. The van der Waals surface area contributed by atoms with Crippen LogP contribution < -0.4 is 4.74 Å². The number of piperidine rings is 2. The molecule has 152 valence electrons. The van der Waals surface area contributed by atoms with Crippen LogP contribution in [0.1, 0.15) is 32.1 Å². The summed E-state index contributed by atoms with van der Waals surface area (Å²) >= 11 is 5.86. The number of benzene rings is 1. The van der Waals surface area contributed by atoms with Gasteiger partial charge in [0.2, 0.25) is 5.91 Å². The first kappa shape index (κ1) is 20.4. The molecule has 2 fully saturated rings. The van der Waals surface area contributed by atoms with E-state index >= 15 is 0 Å². The summed E-state index contributed by atoms with van der Waals surface area (Å²) in [6.07, 6.45) is 4.59. The molecule has 2 aliphatic heterocycles. The number of halogens is 1. The van der Waals surface area contributed by atoms with Crippen LogP contribution >= 0.6 is 11.6 Å². The van der Waals surface area contributed by atoms with Gasteiger partial charge in [0.25, 0.3) is 5.91 Å². The minimum atomic E-state index is -0.576. The fourth-order valence-electron chi connectivity index (χ4n) is 3.73. The summed E-state index contributed by atoms with van der Waals surface area (Å²) in [5.41, 5.74) is -0.233. The molecule has 0 N–H and O–H groups in total. The minimum Gasteiger partial charge on any atom is -0.477 e. The number of hydrogen-bond acceptors (Lipinski definition) is 5. The Balaban J connectivity index is 1.50. The van der Waals surface area contributed by atoms with Gasteiger partial charge >= 0.3 is 5.69 Å². The highest BCUT2D eigenvalue weighted by Crippen LogP contribution is 2.30. The van der Waals surface area contributed by atoms with Crippen molar-refractivity contribution in [1.29, 1.82) is 0 Å². The van der Waals surface area contributed by atoms with Gasteiger partial charge in [0.1, 0.15) is 0 Å². The molecule has 0 atom stereocenters. The zero-order chi connectivity index (χ0) is 20.1. The molecule has 28 heavy (non-hydrogen) atoms. The van der Waals surface area contributed by atoms with E-state index in [1.807, 2.05) is 4.90 Å². The fourth-order valence-corrected chi connectivity index (χ4v) is 3.90. The Kier molecular flexibility index (Phi) is 6.72. The first-order valence-electron chi connectivity index (χ1n) is 9.59. The van der Waals surface area contributed by atoms with Gasteiger partial charge in [-0.05, 0) is 38.2 Å². The highest BCUT2D eigenvalue weighted by molar-refractivity contribution is 6.30. The smallest absolute Gasteiger partial charge is 0.311 e. The molecule has 0 unspecified atom stereocenters. The van der Waals surface area contributed by atoms with Gasteiger partial charge in [-0.2, -0.15) is 0 Å². The van der Waals surface area contributed by atoms with E-state index in [1.165, 1.54) is 24.6 Å². The minimum absolute atomic E-state index is 0.0268. The normalized spacial score (nSPS) is 18.0. The van der Waals surface area contributed by atoms with E-state index < -0.39 is 4.92 Å². The molecule has 0 radical (unpaired) electrons. The number of hydrogen-bond donors (Lipinski definition) is 0. The maximum Gasteiger partial charge on any atom is 0.311 e. The summed E-state index contributed by atoms with van der Waals surface area (Å²) in [4.78, 5) is 39.1. The molecular weight excluding hydrogens is 386 g/mol. The van der Waals surface area contributed by atoms with Gasteiger partial charge < -0.3 is 14.5 Å². The SMILES string of the molecule is O=C(COc1cc(Cl)ccc1[N+](=O)[O-])N1CCC(C(=O)N2CCCCC2)CC1. The van der Waals surface area contributed by atoms with E-state index in [2.05, 4.69) is 0 Å². The van der Waals surface area contributed by atoms with Crippen LogP contribution in [0.4, 0.5) is 5.69 Å². The molecule has 0 aliphatic carbocycles. The quantitative estimate of drug-likeness (QED) is 0.550. The Morgan fingerprint density at radius 3 is 2.43 bits per heavy atom. The molecule has 3 rings (SSSR count). The van der Waals surface area contributed by atoms with Crippen molar-refractivity contribution in [3.05, 3.63) is 33.3 Å². The first-order valence-corrected chi connectivity index (χ1v) is 9.97. The molecule has 9 heteroatoms. The molecule has 0 bridgehead atoms. The number of carbonyl (C=O) groups excluding carboxylic acids is 2. The lowest BCUT2D eigenvalue weighted by Crippen LogP contribution is -2.46. The van der Waals surface area contributed by atoms with E-state index in [0.29, 0.717) is 31.0 Å². The zero-order valence-corrected chi connectivity index (χ0v) is 16.4. The van der Waals surface area contributed by atoms with Crippen LogP contribution in [-0.4, -0.2) is 59.3 Å². The van der Waals surface area contributed by atoms with Gasteiger partial charge in [-0.15, -0.1) is 0 Å². The molecule has 0 spiro atoms. The first-order chi connectivity index (χ1) is 13.5. The molecular formula is C19H24ClN3O5. The predicted molar refractivity (Wildman–Crippen MR) is 103 cm³/mol. The summed E-state index contributed by atoms with van der Waals surface area (Å²) in [5, 5.41) is 11.4. The van der Waals surface area contributed by atoms with E-state index in [9.17, 15) is 19.7 Å². The number of likely N-dealkylation sites (tertiary alicyclic amines) is 2. The Morgan fingerprint density at radius 2 is 1.79 bits per heavy atom. The topological polar surface area (TPSA) is 93.0 Å². The Labute approximate surface area is 168 Å². The van der Waals surface area contributed by atoms with Gasteiger partial charge in [-0.25, -0.2) is 0 Å². The summed E-state index contributed by atoms with van der Waals surface area (Å²) in [6, 6.07) is 3.98. The van der Waals surface area contributed by atoms with Crippen LogP contribution in [0.3, 0.4) is 0 Å². The van der Waals surface area contributed by atoms with E-state index in [0.717, 1.165) is 25.9 Å². The second-order valence-electron chi connectivity index (χ2n) is 7.20. The lowest BCUT2D eigenvalue weighted by atomic mass is 9.94. The van der Waals surface area contributed by atoms with Crippen LogP contribution in [-0.2, 0) is 9.59 Å². The van der Waals surface area contributed by atoms with Gasteiger partial charge in [0, 0.05) is 49.3 Å². The van der Waals surface area contributed by atoms with Crippen LogP contribution in [0.2, 0.25) is 5.02 Å². The number of amides is 2. The number of ether oxygens (including phenoxy) is 1. The third-order valence-electron chi connectivity index (χ3n) is 5.33. The number of rotatable bonds is 5. The van der Waals surface area contributed by atoms with Crippen molar-refractivity contribution in [3.63, 3.8) is 0 Å². The number of carbonyl (C=O) groups is 2. The van der Waals surface area contributed by atoms with Gasteiger partial charge in [-0.1, -0.05) is 11.6 Å². The van der Waals surface area contributed by atoms with Crippen molar-refractivity contribution in [1.82, 2.24) is 9.80 Å². The molecule has 0 aromatic heterocycles. The van der Waals surface area contributed by atoms with Crippen LogP contribution in [0.25, 0.3) is 0 Å². The molecule has 1 aromatic carbocycles. The standard InChI is InChI=1S/C19H24ClN3O5/c20-15-4-5-16(23(26)27)17(12-15)28-13-18(24)21-10-6-14(7-11-21)19(25)22-8-2-1-3-9-22/h4-5,12,14H,1-3,6-11,13H2. The van der Waals surface area contributed by atoms with Gasteiger partial charge in [-0.3, -0.25) is 19.7 Å². The highest BCUT2D eigenvalue weighted by atomic mass is 35.5. The third-order valence-corrected chi connectivity index (χ3v) is 5.57. The van der Waals surface area contributed by atoms with E-state index in [1.54, 1.807) is 4.90 Å². The maximum absolute atomic E-state index is 12.6.